The van der Waals surface area contributed by atoms with Crippen LogP contribution in [0.2, 0.25) is 0 Å². The van der Waals surface area contributed by atoms with Gasteiger partial charge in [-0.1, -0.05) is 12.1 Å². The molecule has 1 heterocycles. The first-order chi connectivity index (χ1) is 9.16. The number of hydrogen-bond acceptors (Lipinski definition) is 5. The molecule has 7 nitrogen and oxygen atoms in total. The number of H-pyrrole nitrogens is 1. The highest BCUT2D eigenvalue weighted by Gasteiger charge is 2.16. The Morgan fingerprint density at radius 1 is 1.11 bits per heavy atom. The van der Waals surface area contributed by atoms with Gasteiger partial charge in [-0.05, 0) is 18.2 Å². The normalized spacial score (nSPS) is 10.7. The van der Waals surface area contributed by atoms with Crippen molar-refractivity contribution in [2.75, 3.05) is 0 Å². The van der Waals surface area contributed by atoms with Crippen LogP contribution < -0.4 is 4.74 Å². The summed E-state index contributed by atoms with van der Waals surface area (Å²) < 4.78 is 4.82. The van der Waals surface area contributed by atoms with Crippen molar-refractivity contribution >= 4 is 33.7 Å². The molecule has 1 aromatic heterocycles. The van der Waals surface area contributed by atoms with E-state index < -0.39 is 11.9 Å². The molecule has 0 saturated heterocycles. The lowest BCUT2D eigenvalue weighted by Crippen LogP contribution is -2.19. The summed E-state index contributed by atoms with van der Waals surface area (Å²) >= 11 is 0. The fourth-order valence-corrected chi connectivity index (χ4v) is 1.87. The summed E-state index contributed by atoms with van der Waals surface area (Å²) in [6.45, 7) is 0. The van der Waals surface area contributed by atoms with E-state index in [2.05, 4.69) is 15.4 Å². The molecular formula is C12H7N3O4. The zero-order valence-electron chi connectivity index (χ0n) is 9.45. The number of benzene rings is 2. The van der Waals surface area contributed by atoms with Gasteiger partial charge in [-0.2, -0.15) is 15.4 Å². The molecule has 3 aromatic rings. The number of aliphatic carboxylic acids is 1. The first kappa shape index (κ1) is 11.1. The van der Waals surface area contributed by atoms with Crippen LogP contribution in [0.3, 0.4) is 0 Å². The fraction of sp³-hybridized carbons (Fsp3) is 0. The minimum absolute atomic E-state index is 0.176. The molecule has 0 aliphatic heterocycles. The first-order valence-corrected chi connectivity index (χ1v) is 5.34. The molecule has 19 heavy (non-hydrogen) atoms. The quantitative estimate of drug-likeness (QED) is 0.384. The maximum absolute atomic E-state index is 11.1. The molecule has 0 radical (unpaired) electrons. The van der Waals surface area contributed by atoms with Gasteiger partial charge in [0.25, 0.3) is 0 Å². The molecule has 0 fully saturated rings. The topological polar surface area (TPSA) is 105 Å². The van der Waals surface area contributed by atoms with Crippen molar-refractivity contribution in [2.24, 2.45) is 0 Å². The molecule has 2 N–H and O–H groups in total. The second-order valence-corrected chi connectivity index (χ2v) is 3.80. The van der Waals surface area contributed by atoms with E-state index >= 15 is 0 Å². The van der Waals surface area contributed by atoms with E-state index in [1.807, 2.05) is 0 Å². The van der Waals surface area contributed by atoms with Crippen molar-refractivity contribution in [1.29, 1.82) is 0 Å². The standard InChI is InChI=1S/C12H7N3O4/c16-11(17)12(18)19-9-3-1-2-7-6(9)4-5-8-10(7)14-15-13-8/h1-5H,(H,16,17)(H,13,14,15). The number of aromatic amines is 1. The van der Waals surface area contributed by atoms with Crippen molar-refractivity contribution in [3.8, 4) is 5.75 Å². The van der Waals surface area contributed by atoms with Crippen molar-refractivity contribution in [3.63, 3.8) is 0 Å². The summed E-state index contributed by atoms with van der Waals surface area (Å²) in [6.07, 6.45) is 0. The number of nitrogens with one attached hydrogen (secondary N) is 1. The van der Waals surface area contributed by atoms with Crippen LogP contribution in [0, 0.1) is 0 Å². The number of carboxylic acids is 1. The molecule has 7 heteroatoms. The predicted molar refractivity (Wildman–Crippen MR) is 64.7 cm³/mol. The Morgan fingerprint density at radius 2 is 1.95 bits per heavy atom. The fourth-order valence-electron chi connectivity index (χ4n) is 1.87. The summed E-state index contributed by atoms with van der Waals surface area (Å²) in [4.78, 5) is 21.6. The van der Waals surface area contributed by atoms with Gasteiger partial charge >= 0.3 is 11.9 Å². The summed E-state index contributed by atoms with van der Waals surface area (Å²) in [7, 11) is 0. The highest BCUT2D eigenvalue weighted by Crippen LogP contribution is 2.29. The lowest BCUT2D eigenvalue weighted by molar-refractivity contribution is -0.157. The Kier molecular flexibility index (Phi) is 2.38. The largest absolute Gasteiger partial charge is 0.473 e. The molecule has 94 valence electrons. The third kappa shape index (κ3) is 1.77. The SMILES string of the molecule is O=C(O)C(=O)Oc1cccc2c1ccc1n[nH]nc12. The minimum atomic E-state index is -1.64. The molecule has 0 unspecified atom stereocenters. The number of aromatic nitrogens is 3. The predicted octanol–water partition coefficient (Wildman–Crippen LogP) is 1.10. The van der Waals surface area contributed by atoms with Gasteiger partial charge in [0.05, 0.1) is 0 Å². The van der Waals surface area contributed by atoms with Gasteiger partial charge in [-0.25, -0.2) is 9.59 Å². The molecule has 0 bridgehead atoms. The number of fused-ring (bicyclic) bond motifs is 3. The van der Waals surface area contributed by atoms with Crippen molar-refractivity contribution in [1.82, 2.24) is 15.4 Å². The van der Waals surface area contributed by atoms with E-state index in [1.165, 1.54) is 6.07 Å². The van der Waals surface area contributed by atoms with Crippen LogP contribution in [-0.4, -0.2) is 32.5 Å². The van der Waals surface area contributed by atoms with Crippen LogP contribution in [0.5, 0.6) is 5.75 Å². The number of nitrogens with zero attached hydrogens (tertiary/aromatic N) is 2. The molecule has 2 aromatic carbocycles. The van der Waals surface area contributed by atoms with Crippen LogP contribution >= 0.6 is 0 Å². The van der Waals surface area contributed by atoms with Crippen LogP contribution in [0.15, 0.2) is 30.3 Å². The highest BCUT2D eigenvalue weighted by molar-refractivity contribution is 6.29. The van der Waals surface area contributed by atoms with Crippen LogP contribution in [0.1, 0.15) is 0 Å². The van der Waals surface area contributed by atoms with Gasteiger partial charge < -0.3 is 9.84 Å². The van der Waals surface area contributed by atoms with Gasteiger partial charge in [-0.3, -0.25) is 0 Å². The van der Waals surface area contributed by atoms with Gasteiger partial charge in [0.1, 0.15) is 16.8 Å². The van der Waals surface area contributed by atoms with E-state index in [0.717, 1.165) is 5.39 Å². The number of hydrogen-bond donors (Lipinski definition) is 2. The average molecular weight is 257 g/mol. The highest BCUT2D eigenvalue weighted by atomic mass is 16.6. The van der Waals surface area contributed by atoms with Crippen LogP contribution in [0.4, 0.5) is 0 Å². The average Bonchev–Trinajstić information content (AvgIpc) is 2.87. The first-order valence-electron chi connectivity index (χ1n) is 5.34. The zero-order valence-corrected chi connectivity index (χ0v) is 9.45. The third-order valence-corrected chi connectivity index (χ3v) is 2.68. The zero-order chi connectivity index (χ0) is 13.4. The Morgan fingerprint density at radius 3 is 2.74 bits per heavy atom. The number of ether oxygens (including phenoxy) is 1. The number of esters is 1. The van der Waals surface area contributed by atoms with E-state index in [-0.39, 0.29) is 5.75 Å². The maximum atomic E-state index is 11.1. The van der Waals surface area contributed by atoms with E-state index in [4.69, 9.17) is 9.84 Å². The lowest BCUT2D eigenvalue weighted by Gasteiger charge is -2.05. The number of rotatable bonds is 1. The lowest BCUT2D eigenvalue weighted by atomic mass is 10.1. The van der Waals surface area contributed by atoms with E-state index in [0.29, 0.717) is 16.4 Å². The molecule has 0 atom stereocenters. The maximum Gasteiger partial charge on any atom is 0.422 e. The summed E-state index contributed by atoms with van der Waals surface area (Å²) in [6, 6.07) is 8.37. The van der Waals surface area contributed by atoms with E-state index in [9.17, 15) is 9.59 Å². The molecule has 0 spiro atoms. The number of carbonyl (C=O) groups excluding carboxylic acids is 1. The van der Waals surface area contributed by atoms with Crippen LogP contribution in [0.25, 0.3) is 21.8 Å². The molecule has 3 rings (SSSR count). The molecule has 0 aliphatic carbocycles. The van der Waals surface area contributed by atoms with Gasteiger partial charge in [0, 0.05) is 10.8 Å². The summed E-state index contributed by atoms with van der Waals surface area (Å²) in [5, 5.41) is 20.3. The van der Waals surface area contributed by atoms with Crippen LogP contribution in [-0.2, 0) is 9.59 Å². The number of carboxylic acid groups (broad SMARTS) is 1. The second-order valence-electron chi connectivity index (χ2n) is 3.80. The molecular weight excluding hydrogens is 250 g/mol. The smallest absolute Gasteiger partial charge is 0.422 e. The van der Waals surface area contributed by atoms with Gasteiger partial charge in [-0.15, -0.1) is 0 Å². The molecule has 0 amide bonds. The monoisotopic (exact) mass is 257 g/mol. The Bertz CT molecular complexity index is 809. The molecule has 0 saturated carbocycles. The molecule has 0 aliphatic rings. The van der Waals surface area contributed by atoms with Crippen molar-refractivity contribution in [3.05, 3.63) is 30.3 Å². The Labute approximate surface area is 105 Å². The summed E-state index contributed by atoms with van der Waals surface area (Å²) in [5.74, 6) is -2.79. The van der Waals surface area contributed by atoms with E-state index in [1.54, 1.807) is 24.3 Å². The Balaban J connectivity index is 2.20. The van der Waals surface area contributed by atoms with Crippen molar-refractivity contribution < 1.29 is 19.4 Å². The van der Waals surface area contributed by atoms with Gasteiger partial charge in [0.2, 0.25) is 0 Å². The summed E-state index contributed by atoms with van der Waals surface area (Å²) in [5.41, 5.74) is 1.31. The third-order valence-electron chi connectivity index (χ3n) is 2.68. The van der Waals surface area contributed by atoms with Gasteiger partial charge in [0.15, 0.2) is 0 Å². The second kappa shape index (κ2) is 4.05. The minimum Gasteiger partial charge on any atom is -0.473 e. The number of carbonyl (C=O) groups is 2. The van der Waals surface area contributed by atoms with Crippen molar-refractivity contribution in [2.45, 2.75) is 0 Å². The Hall–Kier alpha value is -2.96.